The van der Waals surface area contributed by atoms with Crippen LogP contribution in [0.25, 0.3) is 0 Å². The summed E-state index contributed by atoms with van der Waals surface area (Å²) >= 11 is 0. The van der Waals surface area contributed by atoms with Gasteiger partial charge in [-0.15, -0.1) is 0 Å². The maximum absolute atomic E-state index is 8.75. The lowest BCUT2D eigenvalue weighted by atomic mass is 10.1. The first-order chi connectivity index (χ1) is 10.3. The van der Waals surface area contributed by atoms with E-state index in [4.69, 9.17) is 15.7 Å². The highest BCUT2D eigenvalue weighted by Crippen LogP contribution is 2.18. The first-order valence-electron chi connectivity index (χ1n) is 7.99. The first-order valence-corrected chi connectivity index (χ1v) is 7.99. The quantitative estimate of drug-likeness (QED) is 0.210. The molecule has 4 nitrogen and oxygen atoms in total. The largest absolute Gasteiger partial charge is 0.493 e. The zero-order chi connectivity index (χ0) is 15.3. The van der Waals surface area contributed by atoms with Crippen LogP contribution in [-0.4, -0.2) is 17.6 Å². The Kier molecular flexibility index (Phi) is 9.09. The van der Waals surface area contributed by atoms with Gasteiger partial charge in [0.2, 0.25) is 0 Å². The molecule has 0 aliphatic heterocycles. The maximum Gasteiger partial charge on any atom is 0.173 e. The van der Waals surface area contributed by atoms with Gasteiger partial charge in [-0.1, -0.05) is 69.2 Å². The molecule has 0 heterocycles. The number of hydrogen-bond donors (Lipinski definition) is 2. The number of unbranched alkanes of at least 4 members (excludes halogenated alkanes) is 7. The molecule has 1 rings (SSSR count). The monoisotopic (exact) mass is 292 g/mol. The number of hydrogen-bond acceptors (Lipinski definition) is 3. The van der Waals surface area contributed by atoms with Crippen LogP contribution in [0.3, 0.4) is 0 Å². The summed E-state index contributed by atoms with van der Waals surface area (Å²) in [6.45, 7) is 2.91. The molecule has 0 aliphatic rings. The molecule has 3 N–H and O–H groups in total. The van der Waals surface area contributed by atoms with Crippen molar-refractivity contribution >= 4 is 5.84 Å². The Morgan fingerprint density at radius 2 is 1.67 bits per heavy atom. The van der Waals surface area contributed by atoms with Gasteiger partial charge in [0.15, 0.2) is 5.84 Å². The van der Waals surface area contributed by atoms with E-state index in [-0.39, 0.29) is 5.84 Å². The van der Waals surface area contributed by atoms with Gasteiger partial charge in [-0.2, -0.15) is 0 Å². The maximum atomic E-state index is 8.75. The fourth-order valence-electron chi connectivity index (χ4n) is 2.28. The number of nitrogens with zero attached hydrogens (tertiary/aromatic N) is 1. The summed E-state index contributed by atoms with van der Waals surface area (Å²) < 4.78 is 5.73. The first kappa shape index (κ1) is 17.3. The summed E-state index contributed by atoms with van der Waals surface area (Å²) in [7, 11) is 0. The van der Waals surface area contributed by atoms with Gasteiger partial charge in [0, 0.05) is 0 Å². The second-order valence-electron chi connectivity index (χ2n) is 5.30. The molecular weight excluding hydrogens is 264 g/mol. The lowest BCUT2D eigenvalue weighted by molar-refractivity contribution is 0.301. The molecule has 0 atom stereocenters. The van der Waals surface area contributed by atoms with E-state index in [9.17, 15) is 0 Å². The Labute approximate surface area is 128 Å². The second-order valence-corrected chi connectivity index (χ2v) is 5.30. The fraction of sp³-hybridized carbons (Fsp3) is 0.588. The SMILES string of the molecule is CCCCCCCCCCOc1ccccc1C(N)=NO. The highest BCUT2D eigenvalue weighted by Gasteiger charge is 2.06. The van der Waals surface area contributed by atoms with Crippen molar-refractivity contribution in [1.82, 2.24) is 0 Å². The van der Waals surface area contributed by atoms with Crippen molar-refractivity contribution < 1.29 is 9.94 Å². The van der Waals surface area contributed by atoms with Crippen molar-refractivity contribution in [2.45, 2.75) is 58.3 Å². The van der Waals surface area contributed by atoms with Crippen LogP contribution in [0, 0.1) is 0 Å². The number of amidine groups is 1. The molecule has 0 unspecified atom stereocenters. The molecule has 4 heteroatoms. The van der Waals surface area contributed by atoms with E-state index in [0.717, 1.165) is 6.42 Å². The minimum atomic E-state index is 0.0847. The normalized spacial score (nSPS) is 11.6. The van der Waals surface area contributed by atoms with Crippen molar-refractivity contribution in [3.8, 4) is 5.75 Å². The lowest BCUT2D eigenvalue weighted by Crippen LogP contribution is -2.15. The van der Waals surface area contributed by atoms with Gasteiger partial charge in [0.05, 0.1) is 12.2 Å². The van der Waals surface area contributed by atoms with Crippen LogP contribution in [0.15, 0.2) is 29.4 Å². The lowest BCUT2D eigenvalue weighted by Gasteiger charge is -2.10. The zero-order valence-corrected chi connectivity index (χ0v) is 13.1. The van der Waals surface area contributed by atoms with E-state index in [1.165, 1.54) is 44.9 Å². The summed E-state index contributed by atoms with van der Waals surface area (Å²) in [4.78, 5) is 0. The van der Waals surface area contributed by atoms with Crippen LogP contribution in [-0.2, 0) is 0 Å². The molecule has 0 saturated carbocycles. The molecule has 0 saturated heterocycles. The smallest absolute Gasteiger partial charge is 0.173 e. The van der Waals surface area contributed by atoms with Gasteiger partial charge in [-0.25, -0.2) is 0 Å². The molecule has 0 bridgehead atoms. The number of oxime groups is 1. The van der Waals surface area contributed by atoms with Crippen LogP contribution in [0.5, 0.6) is 5.75 Å². The van der Waals surface area contributed by atoms with Gasteiger partial charge in [-0.05, 0) is 18.6 Å². The van der Waals surface area contributed by atoms with Gasteiger partial charge in [0.25, 0.3) is 0 Å². The van der Waals surface area contributed by atoms with Crippen molar-refractivity contribution in [2.24, 2.45) is 10.9 Å². The standard InChI is InChI=1S/C17H28N2O2/c1-2-3-4-5-6-7-8-11-14-21-16-13-10-9-12-15(16)17(18)19-20/h9-10,12-13,20H,2-8,11,14H2,1H3,(H2,18,19). The predicted molar refractivity (Wildman–Crippen MR) is 87.1 cm³/mol. The van der Waals surface area contributed by atoms with Crippen molar-refractivity contribution in [1.29, 1.82) is 0 Å². The molecule has 118 valence electrons. The Bertz CT molecular complexity index is 419. The zero-order valence-electron chi connectivity index (χ0n) is 13.1. The number of nitrogens with two attached hydrogens (primary N) is 1. The van der Waals surface area contributed by atoms with E-state index in [2.05, 4.69) is 12.1 Å². The molecule has 1 aromatic rings. The average molecular weight is 292 g/mol. The van der Waals surface area contributed by atoms with Crippen molar-refractivity contribution in [2.75, 3.05) is 6.61 Å². The van der Waals surface area contributed by atoms with E-state index in [1.54, 1.807) is 6.07 Å². The Morgan fingerprint density at radius 1 is 1.05 bits per heavy atom. The molecule has 21 heavy (non-hydrogen) atoms. The Morgan fingerprint density at radius 3 is 2.33 bits per heavy atom. The highest BCUT2D eigenvalue weighted by atomic mass is 16.5. The number of ether oxygens (including phenoxy) is 1. The number of benzene rings is 1. The summed E-state index contributed by atoms with van der Waals surface area (Å²) in [6, 6.07) is 7.37. The molecule has 0 aromatic heterocycles. The van der Waals surface area contributed by atoms with Gasteiger partial charge in [-0.3, -0.25) is 0 Å². The Balaban J connectivity index is 2.19. The summed E-state index contributed by atoms with van der Waals surface area (Å²) in [5.74, 6) is 0.761. The van der Waals surface area contributed by atoms with Crippen LogP contribution >= 0.6 is 0 Å². The minimum absolute atomic E-state index is 0.0847. The molecule has 0 radical (unpaired) electrons. The summed E-state index contributed by atoms with van der Waals surface area (Å²) in [5.41, 5.74) is 6.26. The third-order valence-corrected chi connectivity index (χ3v) is 3.53. The van der Waals surface area contributed by atoms with Crippen LogP contribution < -0.4 is 10.5 Å². The van der Waals surface area contributed by atoms with Gasteiger partial charge in [0.1, 0.15) is 5.75 Å². The molecule has 0 aliphatic carbocycles. The third-order valence-electron chi connectivity index (χ3n) is 3.53. The predicted octanol–water partition coefficient (Wildman–Crippen LogP) is 4.30. The average Bonchev–Trinajstić information content (AvgIpc) is 2.53. The van der Waals surface area contributed by atoms with Gasteiger partial charge < -0.3 is 15.7 Å². The summed E-state index contributed by atoms with van der Waals surface area (Å²) in [5, 5.41) is 11.8. The summed E-state index contributed by atoms with van der Waals surface area (Å²) in [6.07, 6.45) is 10.2. The van der Waals surface area contributed by atoms with E-state index in [1.807, 2.05) is 18.2 Å². The molecule has 1 aromatic carbocycles. The van der Waals surface area contributed by atoms with Crippen LogP contribution in [0.2, 0.25) is 0 Å². The number of rotatable bonds is 11. The van der Waals surface area contributed by atoms with E-state index >= 15 is 0 Å². The van der Waals surface area contributed by atoms with Crippen molar-refractivity contribution in [3.63, 3.8) is 0 Å². The van der Waals surface area contributed by atoms with E-state index < -0.39 is 0 Å². The van der Waals surface area contributed by atoms with Crippen LogP contribution in [0.1, 0.15) is 63.9 Å². The minimum Gasteiger partial charge on any atom is -0.493 e. The molecule has 0 amide bonds. The molecular formula is C17H28N2O2. The molecule has 0 spiro atoms. The van der Waals surface area contributed by atoms with E-state index in [0.29, 0.717) is 17.9 Å². The fourth-order valence-corrected chi connectivity index (χ4v) is 2.28. The Hall–Kier alpha value is -1.71. The molecule has 0 fully saturated rings. The van der Waals surface area contributed by atoms with Crippen LogP contribution in [0.4, 0.5) is 0 Å². The third kappa shape index (κ3) is 7.02. The van der Waals surface area contributed by atoms with Gasteiger partial charge >= 0.3 is 0 Å². The highest BCUT2D eigenvalue weighted by molar-refractivity contribution is 5.99. The second kappa shape index (κ2) is 11.0. The topological polar surface area (TPSA) is 67.8 Å². The number of para-hydroxylation sites is 1. The van der Waals surface area contributed by atoms with Crippen molar-refractivity contribution in [3.05, 3.63) is 29.8 Å².